The second-order valence-corrected chi connectivity index (χ2v) is 14.8. The quantitative estimate of drug-likeness (QED) is 0.247. The van der Waals surface area contributed by atoms with Gasteiger partial charge in [0.2, 0.25) is 5.91 Å². The Bertz CT molecular complexity index is 2010. The Kier molecular flexibility index (Phi) is 5.19. The molecule has 8 fully saturated rings. The fourth-order valence-corrected chi connectivity index (χ4v) is 9.83. The van der Waals surface area contributed by atoms with Crippen molar-refractivity contribution in [1.82, 2.24) is 19.8 Å². The number of aromatic nitrogens is 2. The fourth-order valence-electron chi connectivity index (χ4n) is 9.43. The maximum Gasteiger partial charge on any atom is 0.226 e. The van der Waals surface area contributed by atoms with E-state index in [2.05, 4.69) is 26.9 Å². The molecule has 1 N–H and O–H groups in total. The van der Waals surface area contributed by atoms with Gasteiger partial charge in [-0.2, -0.15) is 5.26 Å². The van der Waals surface area contributed by atoms with Gasteiger partial charge in [-0.25, -0.2) is 9.37 Å². The molecule has 222 valence electrons. The van der Waals surface area contributed by atoms with Crippen LogP contribution in [-0.2, 0) is 11.2 Å². The van der Waals surface area contributed by atoms with E-state index in [9.17, 15) is 10.1 Å². The summed E-state index contributed by atoms with van der Waals surface area (Å²) in [6.07, 6.45) is 3.77. The van der Waals surface area contributed by atoms with Crippen LogP contribution in [0, 0.1) is 53.7 Å². The number of rotatable bonds is 6. The molecule has 0 spiro atoms. The predicted molar refractivity (Wildman–Crippen MR) is 167 cm³/mol. The number of amides is 1. The number of carbonyl (C=O) groups is 1. The minimum Gasteiger partial charge on any atom is -0.337 e. The van der Waals surface area contributed by atoms with Crippen molar-refractivity contribution in [1.29, 1.82) is 5.26 Å². The molecule has 4 aromatic rings. The summed E-state index contributed by atoms with van der Waals surface area (Å²) in [4.78, 5) is 20.8. The predicted octanol–water partition coefficient (Wildman–Crippen LogP) is 7.14. The molecule has 4 aliphatic carbocycles. The minimum atomic E-state index is -0.438. The molecular weight excluding hydrogens is 596 g/mol. The number of pyridine rings is 1. The molecule has 12 rings (SSSR count). The van der Waals surface area contributed by atoms with Crippen LogP contribution in [0.4, 0.5) is 4.39 Å². The molecule has 2 aromatic heterocycles. The van der Waals surface area contributed by atoms with E-state index in [0.717, 1.165) is 53.4 Å². The maximum absolute atomic E-state index is 17.0. The third-order valence-corrected chi connectivity index (χ3v) is 12.6. The summed E-state index contributed by atoms with van der Waals surface area (Å²) in [5, 5.41) is 15.6. The maximum atomic E-state index is 17.0. The number of aryl methyl sites for hydroxylation is 2. The monoisotopic (exact) mass is 625 g/mol. The molecule has 2 aromatic carbocycles. The third-order valence-electron chi connectivity index (χ3n) is 11.7. The lowest BCUT2D eigenvalue weighted by Gasteiger charge is -2.39. The molecule has 8 aliphatic rings. The Hall–Kier alpha value is -3.18. The third kappa shape index (κ3) is 3.24. The lowest BCUT2D eigenvalue weighted by atomic mass is 9.79. The van der Waals surface area contributed by atoms with Gasteiger partial charge in [0.15, 0.2) is 5.82 Å². The van der Waals surface area contributed by atoms with Gasteiger partial charge in [-0.1, -0.05) is 35.3 Å². The van der Waals surface area contributed by atoms with E-state index >= 15 is 4.39 Å². The van der Waals surface area contributed by atoms with Gasteiger partial charge in [0.05, 0.1) is 33.7 Å². The summed E-state index contributed by atoms with van der Waals surface area (Å²) in [6, 6.07) is 12.9. The molecule has 1 amide bonds. The summed E-state index contributed by atoms with van der Waals surface area (Å²) in [6.45, 7) is 2.94. The normalized spacial score (nSPS) is 32.2. The Morgan fingerprint density at radius 1 is 1.16 bits per heavy atom. The summed E-state index contributed by atoms with van der Waals surface area (Å²) >= 11 is 13.0. The second-order valence-electron chi connectivity index (χ2n) is 14.0. The van der Waals surface area contributed by atoms with Gasteiger partial charge in [0.1, 0.15) is 5.52 Å². The van der Waals surface area contributed by atoms with Crippen LogP contribution in [0.3, 0.4) is 0 Å². The minimum absolute atomic E-state index is 0.0809. The molecule has 4 saturated carbocycles. The number of nitrogens with one attached hydrogen (secondary N) is 1. The molecule has 8 atom stereocenters. The van der Waals surface area contributed by atoms with Gasteiger partial charge >= 0.3 is 0 Å². The van der Waals surface area contributed by atoms with Crippen LogP contribution >= 0.6 is 23.2 Å². The number of carbonyl (C=O) groups excluding carboxylic acids is 1. The highest BCUT2D eigenvalue weighted by Gasteiger charge is 2.85. The van der Waals surface area contributed by atoms with Gasteiger partial charge < -0.3 is 14.8 Å². The van der Waals surface area contributed by atoms with E-state index in [0.29, 0.717) is 69.7 Å². The number of piperidine rings is 1. The van der Waals surface area contributed by atoms with Crippen LogP contribution in [0.25, 0.3) is 32.9 Å². The molecule has 6 nitrogen and oxygen atoms in total. The Morgan fingerprint density at radius 2 is 1.98 bits per heavy atom. The Balaban J connectivity index is 1.25. The van der Waals surface area contributed by atoms with Crippen molar-refractivity contribution in [2.24, 2.45) is 29.6 Å². The number of hydrogen-bond donors (Lipinski definition) is 1. The number of benzene rings is 2. The zero-order valence-electron chi connectivity index (χ0n) is 24.2. The first-order chi connectivity index (χ1) is 21.4. The molecule has 4 aliphatic heterocycles. The van der Waals surface area contributed by atoms with Crippen molar-refractivity contribution in [2.45, 2.75) is 63.2 Å². The van der Waals surface area contributed by atoms with Crippen molar-refractivity contribution in [2.75, 3.05) is 6.54 Å². The van der Waals surface area contributed by atoms with Crippen LogP contribution in [0.5, 0.6) is 0 Å². The average Bonchev–Trinajstić information content (AvgIpc) is 3.91. The van der Waals surface area contributed by atoms with Gasteiger partial charge in [-0.3, -0.25) is 4.79 Å². The van der Waals surface area contributed by atoms with Crippen LogP contribution in [0.15, 0.2) is 30.3 Å². The fraction of sp³-hybridized carbons (Fsp3) is 0.457. The van der Waals surface area contributed by atoms with Crippen molar-refractivity contribution < 1.29 is 9.18 Å². The SMILES string of the molecule is Cc1nc2c(F)c(-c3cccc(Cl)c3Cl)c(CCC#N)cc2c2c1cc([C@H]1C3C4C([C@H]43)N1C(=O)C1CC1)n2[C@H]1[C@H]2CN[C@@H]1C2. The topological polar surface area (TPSA) is 74.0 Å². The molecular formula is C35H30Cl2FN5O. The number of halogens is 3. The lowest BCUT2D eigenvalue weighted by Crippen LogP contribution is -2.41. The van der Waals surface area contributed by atoms with Gasteiger partial charge in [0, 0.05) is 64.3 Å². The highest BCUT2D eigenvalue weighted by Crippen LogP contribution is 2.82. The summed E-state index contributed by atoms with van der Waals surface area (Å²) in [7, 11) is 0. The first-order valence-electron chi connectivity index (χ1n) is 15.9. The van der Waals surface area contributed by atoms with Gasteiger partial charge in [-0.05, 0) is 80.0 Å². The highest BCUT2D eigenvalue weighted by molar-refractivity contribution is 6.43. The number of nitrogens with zero attached hydrogens (tertiary/aromatic N) is 4. The summed E-state index contributed by atoms with van der Waals surface area (Å²) in [5.74, 6) is 2.44. The first kappa shape index (κ1) is 26.1. The van der Waals surface area contributed by atoms with Crippen LogP contribution in [-0.4, -0.2) is 39.0 Å². The summed E-state index contributed by atoms with van der Waals surface area (Å²) in [5.41, 5.74) is 4.87. The van der Waals surface area contributed by atoms with Crippen LogP contribution in [0.1, 0.15) is 54.7 Å². The Labute approximate surface area is 264 Å². The van der Waals surface area contributed by atoms with Crippen molar-refractivity contribution in [3.63, 3.8) is 0 Å². The molecule has 3 unspecified atom stereocenters. The zero-order chi connectivity index (χ0) is 29.8. The van der Waals surface area contributed by atoms with E-state index in [-0.39, 0.29) is 29.4 Å². The standard InChI is InChI=1S/C35H30Cl2FN5O/c1-14-19-12-23(33-25-26-27(25)34(26)43(33)35(44)15-7-8-15)42(31-17-11-22(31)40-13-17)32(19)20-10-16(4-3-9-39)24(29(38)30(20)41-14)18-5-2-6-21(36)28(18)37/h2,5-6,10,12,15,17,22,25-27,31,33-34,40H,3-4,7-8,11,13H2,1H3/t17-,22-,25?,26+,27?,31+,33+,34?/m1/s1. The molecule has 9 heteroatoms. The van der Waals surface area contributed by atoms with Gasteiger partial charge in [-0.15, -0.1) is 0 Å². The molecule has 0 radical (unpaired) electrons. The summed E-state index contributed by atoms with van der Waals surface area (Å²) < 4.78 is 19.5. The zero-order valence-corrected chi connectivity index (χ0v) is 25.7. The number of nitriles is 1. The second kappa shape index (κ2) is 8.75. The molecule has 4 bridgehead atoms. The molecule has 4 saturated heterocycles. The van der Waals surface area contributed by atoms with Crippen LogP contribution < -0.4 is 5.32 Å². The van der Waals surface area contributed by atoms with Gasteiger partial charge in [0.25, 0.3) is 0 Å². The molecule has 6 heterocycles. The highest BCUT2D eigenvalue weighted by atomic mass is 35.5. The smallest absolute Gasteiger partial charge is 0.226 e. The van der Waals surface area contributed by atoms with E-state index < -0.39 is 5.82 Å². The Morgan fingerprint density at radius 3 is 2.68 bits per heavy atom. The van der Waals surface area contributed by atoms with E-state index in [1.54, 1.807) is 18.2 Å². The number of fused-ring (bicyclic) bond motifs is 5. The lowest BCUT2D eigenvalue weighted by molar-refractivity contribution is -0.134. The molecule has 44 heavy (non-hydrogen) atoms. The van der Waals surface area contributed by atoms with Crippen molar-refractivity contribution in [3.05, 3.63) is 63.1 Å². The van der Waals surface area contributed by atoms with E-state index in [1.165, 1.54) is 5.69 Å². The first-order valence-corrected chi connectivity index (χ1v) is 16.7. The average molecular weight is 627 g/mol. The van der Waals surface area contributed by atoms with E-state index in [4.69, 9.17) is 28.2 Å². The van der Waals surface area contributed by atoms with Crippen LogP contribution in [0.2, 0.25) is 10.0 Å². The van der Waals surface area contributed by atoms with Crippen molar-refractivity contribution >= 4 is 50.9 Å². The van der Waals surface area contributed by atoms with Crippen molar-refractivity contribution in [3.8, 4) is 17.2 Å². The largest absolute Gasteiger partial charge is 0.337 e. The van der Waals surface area contributed by atoms with E-state index in [1.807, 2.05) is 13.0 Å². The number of hydrogen-bond acceptors (Lipinski definition) is 4.